The molecule has 1 aliphatic rings. The molecule has 24 heavy (non-hydrogen) atoms. The number of guanidine groups is 1. The third-order valence-corrected chi connectivity index (χ3v) is 4.09. The Morgan fingerprint density at radius 2 is 2.04 bits per heavy atom. The van der Waals surface area contributed by atoms with E-state index in [4.69, 9.17) is 18.6 Å². The predicted molar refractivity (Wildman–Crippen MR) is 91.8 cm³/mol. The molecule has 0 aliphatic carbocycles. The van der Waals surface area contributed by atoms with Gasteiger partial charge >= 0.3 is 0 Å². The van der Waals surface area contributed by atoms with Crippen molar-refractivity contribution in [3.63, 3.8) is 0 Å². The van der Waals surface area contributed by atoms with E-state index in [0.717, 1.165) is 56.6 Å². The van der Waals surface area contributed by atoms with Gasteiger partial charge in [-0.15, -0.1) is 0 Å². The lowest BCUT2D eigenvalue weighted by Gasteiger charge is -2.22. The van der Waals surface area contributed by atoms with Crippen LogP contribution in [0.1, 0.15) is 17.9 Å². The molecule has 1 saturated heterocycles. The van der Waals surface area contributed by atoms with Crippen LogP contribution in [0.3, 0.4) is 0 Å². The van der Waals surface area contributed by atoms with Gasteiger partial charge in [-0.25, -0.2) is 0 Å². The molecule has 2 aromatic heterocycles. The zero-order chi connectivity index (χ0) is 16.6. The molecule has 1 N–H and O–H groups in total. The summed E-state index contributed by atoms with van der Waals surface area (Å²) in [6.07, 6.45) is 5.31. The number of aliphatic imine (C=N–C) groups is 1. The molecule has 1 unspecified atom stereocenters. The fraction of sp³-hybridized carbons (Fsp3) is 0.500. The molecule has 3 heterocycles. The SMILES string of the molecule is CN(Cc1ccco1)C(=NCC1CCOC1)NCCc1ccco1. The molecule has 2 aromatic rings. The number of hydrogen-bond acceptors (Lipinski definition) is 4. The highest BCUT2D eigenvalue weighted by Crippen LogP contribution is 2.13. The Morgan fingerprint density at radius 3 is 2.71 bits per heavy atom. The van der Waals surface area contributed by atoms with Crippen molar-refractivity contribution in [1.82, 2.24) is 10.2 Å². The minimum Gasteiger partial charge on any atom is -0.469 e. The summed E-state index contributed by atoms with van der Waals surface area (Å²) in [6.45, 7) is 3.90. The molecule has 1 aliphatic heterocycles. The lowest BCUT2D eigenvalue weighted by molar-refractivity contribution is 0.187. The van der Waals surface area contributed by atoms with Gasteiger partial charge in [0.1, 0.15) is 11.5 Å². The van der Waals surface area contributed by atoms with Crippen molar-refractivity contribution in [3.05, 3.63) is 48.3 Å². The second-order valence-electron chi connectivity index (χ2n) is 6.09. The smallest absolute Gasteiger partial charge is 0.194 e. The van der Waals surface area contributed by atoms with E-state index >= 15 is 0 Å². The summed E-state index contributed by atoms with van der Waals surface area (Å²) in [7, 11) is 2.02. The molecule has 6 nitrogen and oxygen atoms in total. The molecule has 3 rings (SSSR count). The van der Waals surface area contributed by atoms with E-state index in [1.165, 1.54) is 0 Å². The van der Waals surface area contributed by atoms with E-state index in [0.29, 0.717) is 12.5 Å². The van der Waals surface area contributed by atoms with Gasteiger partial charge in [-0.3, -0.25) is 4.99 Å². The zero-order valence-electron chi connectivity index (χ0n) is 14.1. The van der Waals surface area contributed by atoms with Crippen molar-refractivity contribution in [2.75, 3.05) is 33.4 Å². The molecular formula is C18H25N3O3. The molecule has 1 atom stereocenters. The number of furan rings is 2. The molecule has 0 aromatic carbocycles. The number of nitrogens with zero attached hydrogens (tertiary/aromatic N) is 2. The highest BCUT2D eigenvalue weighted by atomic mass is 16.5. The minimum absolute atomic E-state index is 0.517. The highest BCUT2D eigenvalue weighted by Gasteiger charge is 2.16. The Balaban J connectivity index is 1.56. The largest absolute Gasteiger partial charge is 0.469 e. The molecular weight excluding hydrogens is 306 g/mol. The van der Waals surface area contributed by atoms with Crippen molar-refractivity contribution >= 4 is 5.96 Å². The average Bonchev–Trinajstić information content (AvgIpc) is 3.32. The summed E-state index contributed by atoms with van der Waals surface area (Å²) < 4.78 is 16.2. The van der Waals surface area contributed by atoms with Crippen molar-refractivity contribution < 1.29 is 13.6 Å². The molecule has 1 fully saturated rings. The highest BCUT2D eigenvalue weighted by molar-refractivity contribution is 5.79. The number of hydrogen-bond donors (Lipinski definition) is 1. The monoisotopic (exact) mass is 331 g/mol. The maximum atomic E-state index is 5.44. The van der Waals surface area contributed by atoms with Crippen LogP contribution >= 0.6 is 0 Å². The third kappa shape index (κ3) is 4.89. The Bertz CT molecular complexity index is 602. The van der Waals surface area contributed by atoms with E-state index in [-0.39, 0.29) is 0 Å². The Hall–Kier alpha value is -2.21. The summed E-state index contributed by atoms with van der Waals surface area (Å²) in [5.41, 5.74) is 0. The van der Waals surface area contributed by atoms with Gasteiger partial charge in [-0.05, 0) is 30.7 Å². The second-order valence-corrected chi connectivity index (χ2v) is 6.09. The molecule has 0 radical (unpaired) electrons. The quantitative estimate of drug-likeness (QED) is 0.624. The van der Waals surface area contributed by atoms with Crippen molar-refractivity contribution in [2.45, 2.75) is 19.4 Å². The summed E-state index contributed by atoms with van der Waals surface area (Å²) >= 11 is 0. The predicted octanol–water partition coefficient (Wildman–Crippen LogP) is 2.53. The molecule has 0 amide bonds. The second kappa shape index (κ2) is 8.59. The van der Waals surface area contributed by atoms with E-state index in [1.54, 1.807) is 12.5 Å². The van der Waals surface area contributed by atoms with Crippen LogP contribution < -0.4 is 5.32 Å². The van der Waals surface area contributed by atoms with E-state index in [2.05, 4.69) is 10.2 Å². The first-order chi connectivity index (χ1) is 11.8. The van der Waals surface area contributed by atoms with Gasteiger partial charge in [0.15, 0.2) is 5.96 Å². The fourth-order valence-corrected chi connectivity index (χ4v) is 2.72. The van der Waals surface area contributed by atoms with E-state index in [1.807, 2.05) is 31.3 Å². The first kappa shape index (κ1) is 16.6. The molecule has 6 heteroatoms. The van der Waals surface area contributed by atoms with Gasteiger partial charge < -0.3 is 23.8 Å². The lowest BCUT2D eigenvalue weighted by Crippen LogP contribution is -2.39. The number of ether oxygens (including phenoxy) is 1. The molecule has 0 saturated carbocycles. The topological polar surface area (TPSA) is 63.1 Å². The van der Waals surface area contributed by atoms with Gasteiger partial charge in [0.25, 0.3) is 0 Å². The van der Waals surface area contributed by atoms with Crippen LogP contribution in [-0.2, 0) is 17.7 Å². The Morgan fingerprint density at radius 1 is 1.25 bits per heavy atom. The normalized spacial score (nSPS) is 18.0. The third-order valence-electron chi connectivity index (χ3n) is 4.09. The Kier molecular flexibility index (Phi) is 5.96. The number of rotatable bonds is 7. The van der Waals surface area contributed by atoms with Crippen LogP contribution in [-0.4, -0.2) is 44.2 Å². The minimum atomic E-state index is 0.517. The summed E-state index contributed by atoms with van der Waals surface area (Å²) in [6, 6.07) is 7.77. The fourth-order valence-electron chi connectivity index (χ4n) is 2.72. The Labute approximate surface area is 142 Å². The van der Waals surface area contributed by atoms with Gasteiger partial charge in [0, 0.05) is 39.1 Å². The zero-order valence-corrected chi connectivity index (χ0v) is 14.1. The summed E-state index contributed by atoms with van der Waals surface area (Å²) in [5, 5.41) is 3.43. The lowest BCUT2D eigenvalue weighted by atomic mass is 10.1. The van der Waals surface area contributed by atoms with E-state index in [9.17, 15) is 0 Å². The van der Waals surface area contributed by atoms with Crippen LogP contribution in [0.5, 0.6) is 0 Å². The molecule has 0 spiro atoms. The van der Waals surface area contributed by atoms with Gasteiger partial charge in [0.2, 0.25) is 0 Å². The van der Waals surface area contributed by atoms with Gasteiger partial charge in [0.05, 0.1) is 25.7 Å². The maximum absolute atomic E-state index is 5.44. The van der Waals surface area contributed by atoms with Crippen molar-refractivity contribution in [1.29, 1.82) is 0 Å². The summed E-state index contributed by atoms with van der Waals surface area (Å²) in [5.74, 6) is 3.29. The first-order valence-electron chi connectivity index (χ1n) is 8.43. The van der Waals surface area contributed by atoms with Crippen LogP contribution in [0.25, 0.3) is 0 Å². The first-order valence-corrected chi connectivity index (χ1v) is 8.43. The maximum Gasteiger partial charge on any atom is 0.194 e. The molecule has 130 valence electrons. The standard InChI is InChI=1S/C18H25N3O3/c1-21(13-17-5-3-10-24-17)18(20-12-15-7-11-22-14-15)19-8-6-16-4-2-9-23-16/h2-5,9-10,15H,6-8,11-14H2,1H3,(H,19,20). The van der Waals surface area contributed by atoms with Crippen LogP contribution in [0, 0.1) is 5.92 Å². The van der Waals surface area contributed by atoms with Gasteiger partial charge in [-0.1, -0.05) is 0 Å². The van der Waals surface area contributed by atoms with Crippen LogP contribution in [0.4, 0.5) is 0 Å². The summed E-state index contributed by atoms with van der Waals surface area (Å²) in [4.78, 5) is 6.86. The average molecular weight is 331 g/mol. The van der Waals surface area contributed by atoms with Gasteiger partial charge in [-0.2, -0.15) is 0 Å². The van der Waals surface area contributed by atoms with Crippen LogP contribution in [0.2, 0.25) is 0 Å². The van der Waals surface area contributed by atoms with Crippen molar-refractivity contribution in [3.8, 4) is 0 Å². The van der Waals surface area contributed by atoms with Crippen LogP contribution in [0.15, 0.2) is 50.6 Å². The van der Waals surface area contributed by atoms with E-state index < -0.39 is 0 Å². The van der Waals surface area contributed by atoms with Crippen molar-refractivity contribution in [2.24, 2.45) is 10.9 Å². The molecule has 0 bridgehead atoms. The number of nitrogens with one attached hydrogen (secondary N) is 1.